The van der Waals surface area contributed by atoms with Gasteiger partial charge in [-0.15, -0.1) is 0 Å². The van der Waals surface area contributed by atoms with E-state index in [4.69, 9.17) is 0 Å². The van der Waals surface area contributed by atoms with Crippen molar-refractivity contribution in [2.24, 2.45) is 0 Å². The largest absolute Gasteiger partial charge is 0.328 e. The van der Waals surface area contributed by atoms with Crippen LogP contribution in [0.15, 0.2) is 18.2 Å². The van der Waals surface area contributed by atoms with E-state index in [0.29, 0.717) is 0 Å². The smallest absolute Gasteiger partial charge is 0.106 e. The summed E-state index contributed by atoms with van der Waals surface area (Å²) in [4.78, 5) is 4.52. The summed E-state index contributed by atoms with van der Waals surface area (Å²) >= 11 is 0. The van der Waals surface area contributed by atoms with Crippen LogP contribution < -0.4 is 0 Å². The number of aromatic nitrogens is 2. The van der Waals surface area contributed by atoms with E-state index in [-0.39, 0.29) is 0 Å². The molecule has 1 aromatic carbocycles. The molecule has 0 aliphatic rings. The van der Waals surface area contributed by atoms with Crippen molar-refractivity contribution in [3.63, 3.8) is 0 Å². The van der Waals surface area contributed by atoms with Gasteiger partial charge >= 0.3 is 0 Å². The van der Waals surface area contributed by atoms with Crippen molar-refractivity contribution in [2.45, 2.75) is 33.7 Å². The third-order valence-corrected chi connectivity index (χ3v) is 2.73. The van der Waals surface area contributed by atoms with Gasteiger partial charge in [0.2, 0.25) is 0 Å². The first kappa shape index (κ1) is 9.25. The van der Waals surface area contributed by atoms with Gasteiger partial charge in [0.1, 0.15) is 5.82 Å². The molecule has 0 fully saturated rings. The molecule has 0 saturated heterocycles. The first-order chi connectivity index (χ1) is 6.76. The van der Waals surface area contributed by atoms with Gasteiger partial charge < -0.3 is 4.57 Å². The molecule has 0 atom stereocenters. The minimum absolute atomic E-state index is 0.996. The fraction of sp³-hybridized carbons (Fsp3) is 0.417. The molecule has 0 amide bonds. The summed E-state index contributed by atoms with van der Waals surface area (Å²) in [6, 6.07) is 6.53. The molecule has 0 saturated carbocycles. The molecule has 0 radical (unpaired) electrons. The van der Waals surface area contributed by atoms with Crippen LogP contribution in [0.25, 0.3) is 11.0 Å². The topological polar surface area (TPSA) is 17.8 Å². The SMILES string of the molecule is CCc1ccc2nc(C)n(CC)c2c1. The van der Waals surface area contributed by atoms with E-state index in [1.807, 2.05) is 0 Å². The molecule has 2 heteroatoms. The summed E-state index contributed by atoms with van der Waals surface area (Å²) in [5.41, 5.74) is 3.76. The van der Waals surface area contributed by atoms with Gasteiger partial charge in [-0.3, -0.25) is 0 Å². The Hall–Kier alpha value is -1.31. The zero-order valence-corrected chi connectivity index (χ0v) is 9.04. The van der Waals surface area contributed by atoms with Crippen LogP contribution >= 0.6 is 0 Å². The molecule has 1 heterocycles. The first-order valence-corrected chi connectivity index (χ1v) is 5.22. The van der Waals surface area contributed by atoms with Crippen molar-refractivity contribution in [3.05, 3.63) is 29.6 Å². The Morgan fingerprint density at radius 3 is 2.71 bits per heavy atom. The lowest BCUT2D eigenvalue weighted by Gasteiger charge is -2.02. The maximum Gasteiger partial charge on any atom is 0.106 e. The van der Waals surface area contributed by atoms with Gasteiger partial charge in [-0.25, -0.2) is 4.98 Å². The minimum Gasteiger partial charge on any atom is -0.328 e. The summed E-state index contributed by atoms with van der Waals surface area (Å²) in [7, 11) is 0. The quantitative estimate of drug-likeness (QED) is 0.708. The fourth-order valence-electron chi connectivity index (χ4n) is 1.91. The number of aryl methyl sites for hydroxylation is 3. The molecule has 2 aromatic rings. The molecule has 0 bridgehead atoms. The van der Waals surface area contributed by atoms with E-state index in [1.165, 1.54) is 11.1 Å². The molecule has 14 heavy (non-hydrogen) atoms. The van der Waals surface area contributed by atoms with Gasteiger partial charge in [-0.2, -0.15) is 0 Å². The number of hydrogen-bond donors (Lipinski definition) is 0. The van der Waals surface area contributed by atoms with E-state index in [1.54, 1.807) is 0 Å². The summed E-state index contributed by atoms with van der Waals surface area (Å²) in [5.74, 6) is 1.11. The van der Waals surface area contributed by atoms with Crippen molar-refractivity contribution in [1.82, 2.24) is 9.55 Å². The van der Waals surface area contributed by atoms with Crippen molar-refractivity contribution < 1.29 is 0 Å². The Balaban J connectivity index is 2.71. The van der Waals surface area contributed by atoms with E-state index in [2.05, 4.69) is 48.5 Å². The molecule has 0 aliphatic heterocycles. The van der Waals surface area contributed by atoms with Crippen molar-refractivity contribution in [3.8, 4) is 0 Å². The normalized spacial score (nSPS) is 11.1. The van der Waals surface area contributed by atoms with E-state index >= 15 is 0 Å². The molecule has 0 N–H and O–H groups in total. The van der Waals surface area contributed by atoms with Gasteiger partial charge in [0.05, 0.1) is 11.0 Å². The van der Waals surface area contributed by atoms with Gasteiger partial charge in [-0.05, 0) is 38.0 Å². The van der Waals surface area contributed by atoms with Crippen LogP contribution in [-0.4, -0.2) is 9.55 Å². The standard InChI is InChI=1S/C12H16N2/c1-4-10-6-7-11-12(8-10)14(5-2)9(3)13-11/h6-8H,4-5H2,1-3H3. The number of hydrogen-bond acceptors (Lipinski definition) is 1. The van der Waals surface area contributed by atoms with Gasteiger partial charge in [-0.1, -0.05) is 13.0 Å². The van der Waals surface area contributed by atoms with Crippen LogP contribution in [0.4, 0.5) is 0 Å². The van der Waals surface area contributed by atoms with E-state index in [9.17, 15) is 0 Å². The molecular weight excluding hydrogens is 172 g/mol. The van der Waals surface area contributed by atoms with Crippen LogP contribution in [0.2, 0.25) is 0 Å². The number of imidazole rings is 1. The molecular formula is C12H16N2. The number of fused-ring (bicyclic) bond motifs is 1. The van der Waals surface area contributed by atoms with Gasteiger partial charge in [0.15, 0.2) is 0 Å². The number of nitrogens with zero attached hydrogens (tertiary/aromatic N) is 2. The minimum atomic E-state index is 0.996. The Labute approximate surface area is 84.6 Å². The molecule has 0 unspecified atom stereocenters. The fourth-order valence-corrected chi connectivity index (χ4v) is 1.91. The Morgan fingerprint density at radius 1 is 1.29 bits per heavy atom. The number of rotatable bonds is 2. The van der Waals surface area contributed by atoms with E-state index < -0.39 is 0 Å². The zero-order chi connectivity index (χ0) is 10.1. The molecule has 0 spiro atoms. The maximum atomic E-state index is 4.52. The highest BCUT2D eigenvalue weighted by molar-refractivity contribution is 5.76. The van der Waals surface area contributed by atoms with Crippen LogP contribution in [0.5, 0.6) is 0 Å². The van der Waals surface area contributed by atoms with Crippen LogP contribution in [0, 0.1) is 6.92 Å². The molecule has 74 valence electrons. The second-order valence-corrected chi connectivity index (χ2v) is 3.58. The second kappa shape index (κ2) is 3.45. The summed E-state index contributed by atoms with van der Waals surface area (Å²) < 4.78 is 2.26. The van der Waals surface area contributed by atoms with Crippen molar-refractivity contribution >= 4 is 11.0 Å². The zero-order valence-electron chi connectivity index (χ0n) is 9.04. The Kier molecular flexibility index (Phi) is 2.28. The lowest BCUT2D eigenvalue weighted by Crippen LogP contribution is -1.96. The third-order valence-electron chi connectivity index (χ3n) is 2.73. The van der Waals surface area contributed by atoms with Crippen molar-refractivity contribution in [1.29, 1.82) is 0 Å². The highest BCUT2D eigenvalue weighted by atomic mass is 15.1. The average molecular weight is 188 g/mol. The first-order valence-electron chi connectivity index (χ1n) is 5.22. The van der Waals surface area contributed by atoms with Gasteiger partial charge in [0, 0.05) is 6.54 Å². The van der Waals surface area contributed by atoms with Crippen LogP contribution in [0.1, 0.15) is 25.2 Å². The predicted octanol–water partition coefficient (Wildman–Crippen LogP) is 2.93. The third kappa shape index (κ3) is 1.31. The summed E-state index contributed by atoms with van der Waals surface area (Å²) in [5, 5.41) is 0. The Bertz CT molecular complexity index is 455. The average Bonchev–Trinajstić information content (AvgIpc) is 2.52. The van der Waals surface area contributed by atoms with Crippen LogP contribution in [-0.2, 0) is 13.0 Å². The molecule has 1 aromatic heterocycles. The number of benzene rings is 1. The highest BCUT2D eigenvalue weighted by Gasteiger charge is 2.05. The van der Waals surface area contributed by atoms with Gasteiger partial charge in [0.25, 0.3) is 0 Å². The Morgan fingerprint density at radius 2 is 2.07 bits per heavy atom. The van der Waals surface area contributed by atoms with Crippen molar-refractivity contribution in [2.75, 3.05) is 0 Å². The molecule has 0 aliphatic carbocycles. The lowest BCUT2D eigenvalue weighted by molar-refractivity contribution is 0.753. The van der Waals surface area contributed by atoms with E-state index in [0.717, 1.165) is 24.3 Å². The lowest BCUT2D eigenvalue weighted by atomic mass is 10.1. The molecule has 2 rings (SSSR count). The van der Waals surface area contributed by atoms with Crippen LogP contribution in [0.3, 0.4) is 0 Å². The summed E-state index contributed by atoms with van der Waals surface area (Å²) in [6.07, 6.45) is 1.09. The maximum absolute atomic E-state index is 4.52. The predicted molar refractivity (Wildman–Crippen MR) is 59.5 cm³/mol. The molecule has 2 nitrogen and oxygen atoms in total. The summed E-state index contributed by atoms with van der Waals surface area (Å²) in [6.45, 7) is 7.40. The second-order valence-electron chi connectivity index (χ2n) is 3.58. The highest BCUT2D eigenvalue weighted by Crippen LogP contribution is 2.17. The monoisotopic (exact) mass is 188 g/mol.